The summed E-state index contributed by atoms with van der Waals surface area (Å²) in [6.07, 6.45) is 2.28. The molecule has 2 aliphatic rings. The number of nitrogens with zero attached hydrogens (tertiary/aromatic N) is 1. The molecule has 2 aliphatic heterocycles. The first kappa shape index (κ1) is 22.2. The van der Waals surface area contributed by atoms with E-state index in [0.717, 1.165) is 19.3 Å². The second-order valence-electron chi connectivity index (χ2n) is 9.32. The smallest absolute Gasteiger partial charge is 0.447 e. The fourth-order valence-electron chi connectivity index (χ4n) is 3.71. The van der Waals surface area contributed by atoms with E-state index in [1.165, 1.54) is 4.90 Å². The van der Waals surface area contributed by atoms with Crippen LogP contribution in [0.5, 0.6) is 0 Å². The number of cyclic esters (lactones) is 1. The van der Waals surface area contributed by atoms with Crippen molar-refractivity contribution in [1.82, 2.24) is 4.90 Å². The van der Waals surface area contributed by atoms with Crippen molar-refractivity contribution in [1.29, 1.82) is 0 Å². The molecule has 0 aromatic rings. The van der Waals surface area contributed by atoms with E-state index in [1.54, 1.807) is 0 Å². The molecule has 1 unspecified atom stereocenters. The summed E-state index contributed by atoms with van der Waals surface area (Å²) in [6, 6.07) is -0.211. The minimum Gasteiger partial charge on any atom is -0.447 e. The van der Waals surface area contributed by atoms with Crippen molar-refractivity contribution in [3.63, 3.8) is 0 Å². The normalized spacial score (nSPS) is 26.4. The summed E-state index contributed by atoms with van der Waals surface area (Å²) < 4.78 is 17.7. The maximum atomic E-state index is 13.3. The van der Waals surface area contributed by atoms with E-state index in [-0.39, 0.29) is 30.3 Å². The predicted octanol–water partition coefficient (Wildman–Crippen LogP) is 4.28. The molecular weight excluding hydrogens is 345 g/mol. The molecule has 3 atom stereocenters. The highest BCUT2D eigenvalue weighted by Crippen LogP contribution is 2.44. The molecule has 0 radical (unpaired) electrons. The first-order valence-corrected chi connectivity index (χ1v) is 10.3. The van der Waals surface area contributed by atoms with Crippen molar-refractivity contribution >= 4 is 19.1 Å². The molecule has 0 aromatic heterocycles. The van der Waals surface area contributed by atoms with Gasteiger partial charge >= 0.3 is 13.2 Å². The number of carbonyl (C=O) groups excluding carboxylic acids is 2. The van der Waals surface area contributed by atoms with E-state index in [1.807, 2.05) is 48.5 Å². The zero-order valence-electron chi connectivity index (χ0n) is 18.2. The van der Waals surface area contributed by atoms with Gasteiger partial charge in [-0.1, -0.05) is 47.0 Å². The van der Waals surface area contributed by atoms with Gasteiger partial charge in [-0.05, 0) is 33.6 Å². The first-order valence-electron chi connectivity index (χ1n) is 10.3. The van der Waals surface area contributed by atoms with Crippen molar-refractivity contribution in [2.24, 2.45) is 11.8 Å². The van der Waals surface area contributed by atoms with Crippen LogP contribution >= 0.6 is 0 Å². The third-order valence-electron chi connectivity index (χ3n) is 6.46. The van der Waals surface area contributed by atoms with E-state index in [2.05, 4.69) is 6.92 Å². The Balaban J connectivity index is 2.23. The standard InChI is InChI=1S/C20H36BNO5/c1-9-10-11-15(21-26-19(5,6)20(7,8)27-21)14(4)17(23)22-16(13(2)3)12-25-18(22)24/h13-16H,9-12H2,1-8H3/t14-,15?,16-/m1/s1. The highest BCUT2D eigenvalue weighted by molar-refractivity contribution is 6.48. The van der Waals surface area contributed by atoms with Gasteiger partial charge in [-0.3, -0.25) is 4.79 Å². The van der Waals surface area contributed by atoms with E-state index >= 15 is 0 Å². The molecule has 2 amide bonds. The molecule has 0 aromatic carbocycles. The lowest BCUT2D eigenvalue weighted by Crippen LogP contribution is -2.47. The van der Waals surface area contributed by atoms with E-state index in [9.17, 15) is 9.59 Å². The van der Waals surface area contributed by atoms with Crippen LogP contribution in [0.1, 0.15) is 74.7 Å². The molecule has 0 N–H and O–H groups in total. The molecule has 154 valence electrons. The van der Waals surface area contributed by atoms with Gasteiger partial charge in [0.1, 0.15) is 6.61 Å². The maximum Gasteiger partial charge on any atom is 0.461 e. The molecule has 2 saturated heterocycles. The Bertz CT molecular complexity index is 547. The third kappa shape index (κ3) is 4.34. The fraction of sp³-hybridized carbons (Fsp3) is 0.900. The maximum absolute atomic E-state index is 13.3. The minimum atomic E-state index is -0.534. The summed E-state index contributed by atoms with van der Waals surface area (Å²) in [5, 5.41) is 0. The molecule has 0 aliphatic carbocycles. The lowest BCUT2D eigenvalue weighted by Gasteiger charge is -2.32. The molecule has 2 heterocycles. The molecule has 27 heavy (non-hydrogen) atoms. The molecule has 7 heteroatoms. The molecule has 6 nitrogen and oxygen atoms in total. The number of rotatable bonds is 7. The fourth-order valence-corrected chi connectivity index (χ4v) is 3.71. The number of amides is 2. The Morgan fingerprint density at radius 2 is 1.74 bits per heavy atom. The second-order valence-corrected chi connectivity index (χ2v) is 9.32. The monoisotopic (exact) mass is 381 g/mol. The Labute approximate surface area is 164 Å². The lowest BCUT2D eigenvalue weighted by molar-refractivity contribution is -0.133. The Hall–Kier alpha value is -1.08. The van der Waals surface area contributed by atoms with E-state index in [4.69, 9.17) is 14.0 Å². The average Bonchev–Trinajstić information content (AvgIpc) is 3.04. The highest BCUT2D eigenvalue weighted by atomic mass is 16.7. The SMILES string of the molecule is CCCCC(B1OC(C)(C)C(C)(C)O1)[C@@H](C)C(=O)N1C(=O)OC[C@@H]1C(C)C. The van der Waals surface area contributed by atoms with Crippen LogP contribution in [-0.4, -0.2) is 47.9 Å². The highest BCUT2D eigenvalue weighted by Gasteiger charge is 2.56. The first-order chi connectivity index (χ1) is 12.4. The third-order valence-corrected chi connectivity index (χ3v) is 6.46. The Morgan fingerprint density at radius 3 is 2.22 bits per heavy atom. The topological polar surface area (TPSA) is 65.1 Å². The van der Waals surface area contributed by atoms with Crippen molar-refractivity contribution in [3.05, 3.63) is 0 Å². The lowest BCUT2D eigenvalue weighted by atomic mass is 9.62. The number of carbonyl (C=O) groups is 2. The van der Waals surface area contributed by atoms with Gasteiger partial charge in [0.2, 0.25) is 5.91 Å². The molecule has 0 saturated carbocycles. The molecule has 2 fully saturated rings. The van der Waals surface area contributed by atoms with Gasteiger partial charge in [0, 0.05) is 11.7 Å². The summed E-state index contributed by atoms with van der Waals surface area (Å²) in [5.74, 6) is -0.539. The average molecular weight is 381 g/mol. The molecule has 0 bridgehead atoms. The van der Waals surface area contributed by atoms with Crippen LogP contribution in [0.15, 0.2) is 0 Å². The molecule has 2 rings (SSSR count). The number of hydrogen-bond acceptors (Lipinski definition) is 5. The summed E-state index contributed by atoms with van der Waals surface area (Å²) >= 11 is 0. The van der Waals surface area contributed by atoms with Gasteiger partial charge in [-0.15, -0.1) is 0 Å². The van der Waals surface area contributed by atoms with Gasteiger partial charge in [-0.2, -0.15) is 0 Å². The van der Waals surface area contributed by atoms with Crippen LogP contribution < -0.4 is 0 Å². The van der Waals surface area contributed by atoms with Crippen LogP contribution in [0.2, 0.25) is 5.82 Å². The van der Waals surface area contributed by atoms with E-state index < -0.39 is 30.3 Å². The summed E-state index contributed by atoms with van der Waals surface area (Å²) in [7, 11) is -0.461. The van der Waals surface area contributed by atoms with Gasteiger partial charge in [-0.25, -0.2) is 9.69 Å². The molecular formula is C20H36BNO5. The van der Waals surface area contributed by atoms with Crippen LogP contribution in [0.25, 0.3) is 0 Å². The van der Waals surface area contributed by atoms with Crippen molar-refractivity contribution in [3.8, 4) is 0 Å². The summed E-state index contributed by atoms with van der Waals surface area (Å²) in [6.45, 7) is 16.3. The summed E-state index contributed by atoms with van der Waals surface area (Å²) in [4.78, 5) is 26.8. The van der Waals surface area contributed by atoms with Gasteiger partial charge in [0.15, 0.2) is 0 Å². The van der Waals surface area contributed by atoms with Gasteiger partial charge in [0.25, 0.3) is 0 Å². The molecule has 0 spiro atoms. The Kier molecular flexibility index (Phi) is 6.68. The van der Waals surface area contributed by atoms with Gasteiger partial charge < -0.3 is 14.0 Å². The zero-order chi connectivity index (χ0) is 20.6. The zero-order valence-corrected chi connectivity index (χ0v) is 18.2. The van der Waals surface area contributed by atoms with Gasteiger partial charge in [0.05, 0.1) is 17.2 Å². The Morgan fingerprint density at radius 1 is 1.19 bits per heavy atom. The predicted molar refractivity (Wildman–Crippen MR) is 105 cm³/mol. The number of ether oxygens (including phenoxy) is 1. The number of imide groups is 1. The van der Waals surface area contributed by atoms with Crippen LogP contribution in [0.4, 0.5) is 4.79 Å². The second kappa shape index (κ2) is 8.12. The van der Waals surface area contributed by atoms with Crippen molar-refractivity contribution in [2.45, 2.75) is 97.7 Å². The summed E-state index contributed by atoms with van der Waals surface area (Å²) in [5.41, 5.74) is -0.893. The number of hydrogen-bond donors (Lipinski definition) is 0. The quantitative estimate of drug-likeness (QED) is 0.616. The van der Waals surface area contributed by atoms with E-state index in [0.29, 0.717) is 0 Å². The van der Waals surface area contributed by atoms with Crippen LogP contribution in [0, 0.1) is 11.8 Å². The minimum absolute atomic E-state index is 0.111. The number of unbranched alkanes of at least 4 members (excludes halogenated alkanes) is 1. The van der Waals surface area contributed by atoms with Crippen LogP contribution in [-0.2, 0) is 18.8 Å². The van der Waals surface area contributed by atoms with Crippen molar-refractivity contribution < 1.29 is 23.6 Å². The van der Waals surface area contributed by atoms with Crippen molar-refractivity contribution in [2.75, 3.05) is 6.61 Å². The largest absolute Gasteiger partial charge is 0.461 e. The van der Waals surface area contributed by atoms with Crippen LogP contribution in [0.3, 0.4) is 0 Å².